The van der Waals surface area contributed by atoms with Crippen molar-refractivity contribution in [3.63, 3.8) is 0 Å². The summed E-state index contributed by atoms with van der Waals surface area (Å²) in [5, 5.41) is 5.54. The van der Waals surface area contributed by atoms with E-state index in [0.29, 0.717) is 39.7 Å². The van der Waals surface area contributed by atoms with Crippen molar-refractivity contribution in [3.05, 3.63) is 104 Å². The van der Waals surface area contributed by atoms with Gasteiger partial charge in [-0.2, -0.15) is 9.78 Å². The summed E-state index contributed by atoms with van der Waals surface area (Å²) in [6.45, 7) is 4.37. The molecule has 4 rings (SSSR count). The third kappa shape index (κ3) is 4.92. The molecule has 7 heteroatoms. The van der Waals surface area contributed by atoms with Gasteiger partial charge in [-0.3, -0.25) is 4.79 Å². The molecule has 1 aromatic heterocycles. The first-order valence-electron chi connectivity index (χ1n) is 10.1. The molecule has 0 radical (unpaired) electrons. The molecule has 0 aliphatic rings. The van der Waals surface area contributed by atoms with E-state index < -0.39 is 0 Å². The molecule has 0 bridgehead atoms. The van der Waals surface area contributed by atoms with E-state index in [1.807, 2.05) is 56.3 Å². The van der Waals surface area contributed by atoms with Crippen LogP contribution in [0.25, 0.3) is 10.9 Å². The van der Waals surface area contributed by atoms with Crippen molar-refractivity contribution in [1.82, 2.24) is 9.66 Å². The average Bonchev–Trinajstić information content (AvgIpc) is 2.78. The van der Waals surface area contributed by atoms with Crippen LogP contribution in [-0.4, -0.2) is 15.9 Å². The Bertz CT molecular complexity index is 1350. The van der Waals surface area contributed by atoms with E-state index in [2.05, 4.69) is 26.0 Å². The van der Waals surface area contributed by atoms with Crippen molar-refractivity contribution in [3.8, 4) is 5.75 Å². The Hall–Kier alpha value is -2.96. The zero-order chi connectivity index (χ0) is 22.7. The predicted octanol–water partition coefficient (Wildman–Crippen LogP) is 6.40. The number of fused-ring (bicyclic) bond motifs is 1. The number of ether oxygens (including phenoxy) is 1. The van der Waals surface area contributed by atoms with Gasteiger partial charge in [-0.15, -0.1) is 0 Å². The van der Waals surface area contributed by atoms with E-state index >= 15 is 0 Å². The zero-order valence-corrected chi connectivity index (χ0v) is 20.0. The molecule has 0 N–H and O–H groups in total. The maximum atomic E-state index is 13.2. The molecule has 0 saturated heterocycles. The maximum Gasteiger partial charge on any atom is 0.282 e. The Morgan fingerprint density at radius 3 is 2.66 bits per heavy atom. The topological polar surface area (TPSA) is 56.5 Å². The highest BCUT2D eigenvalue weighted by Crippen LogP contribution is 2.23. The third-order valence-electron chi connectivity index (χ3n) is 4.87. The first-order chi connectivity index (χ1) is 15.4. The molecule has 0 unspecified atom stereocenters. The average molecular weight is 511 g/mol. The lowest BCUT2D eigenvalue weighted by Gasteiger charge is -2.13. The summed E-state index contributed by atoms with van der Waals surface area (Å²) in [4.78, 5) is 17.9. The normalized spacial score (nSPS) is 11.5. The Morgan fingerprint density at radius 1 is 1.12 bits per heavy atom. The van der Waals surface area contributed by atoms with Gasteiger partial charge in [0.25, 0.3) is 5.56 Å². The number of hydrogen-bond acceptors (Lipinski definition) is 4. The molecule has 0 aliphatic heterocycles. The van der Waals surface area contributed by atoms with Crippen LogP contribution in [0.15, 0.2) is 81.1 Å². The highest BCUT2D eigenvalue weighted by Gasteiger charge is 2.14. The third-order valence-corrected chi connectivity index (χ3v) is 5.60. The minimum absolute atomic E-state index is 0.000981. The Balaban J connectivity index is 1.74. The van der Waals surface area contributed by atoms with E-state index in [1.165, 1.54) is 4.68 Å². The van der Waals surface area contributed by atoms with Gasteiger partial charge in [0.2, 0.25) is 0 Å². The van der Waals surface area contributed by atoms with Gasteiger partial charge in [0.1, 0.15) is 18.2 Å². The first kappa shape index (κ1) is 22.2. The van der Waals surface area contributed by atoms with Crippen LogP contribution >= 0.6 is 27.5 Å². The molecule has 32 heavy (non-hydrogen) atoms. The first-order valence-corrected chi connectivity index (χ1v) is 11.3. The molecule has 4 aromatic rings. The van der Waals surface area contributed by atoms with Crippen LogP contribution in [0.4, 0.5) is 0 Å². The molecule has 5 nitrogen and oxygen atoms in total. The fourth-order valence-electron chi connectivity index (χ4n) is 3.26. The van der Waals surface area contributed by atoms with Gasteiger partial charge >= 0.3 is 0 Å². The molecule has 0 saturated carbocycles. The summed E-state index contributed by atoms with van der Waals surface area (Å²) >= 11 is 9.64. The van der Waals surface area contributed by atoms with Gasteiger partial charge < -0.3 is 4.74 Å². The molecule has 3 aromatic carbocycles. The molecule has 0 fully saturated rings. The quantitative estimate of drug-likeness (QED) is 0.282. The van der Waals surface area contributed by atoms with Gasteiger partial charge in [-0.25, -0.2) is 4.98 Å². The summed E-state index contributed by atoms with van der Waals surface area (Å²) in [7, 11) is 0. The Labute approximate surface area is 199 Å². The minimum Gasteiger partial charge on any atom is -0.488 e. The van der Waals surface area contributed by atoms with Gasteiger partial charge in [0.15, 0.2) is 0 Å². The van der Waals surface area contributed by atoms with E-state index in [0.717, 1.165) is 10.0 Å². The maximum absolute atomic E-state index is 13.2. The van der Waals surface area contributed by atoms with E-state index in [4.69, 9.17) is 16.3 Å². The lowest BCUT2D eigenvalue weighted by molar-refractivity contribution is 0.306. The number of benzene rings is 3. The molecular formula is C25H21BrClN3O2. The van der Waals surface area contributed by atoms with Gasteiger partial charge in [-0.1, -0.05) is 71.7 Å². The van der Waals surface area contributed by atoms with E-state index in [1.54, 1.807) is 30.5 Å². The fraction of sp³-hybridized carbons (Fsp3) is 0.160. The lowest BCUT2D eigenvalue weighted by atomic mass is 10.2. The van der Waals surface area contributed by atoms with Crippen molar-refractivity contribution < 1.29 is 4.74 Å². The van der Waals surface area contributed by atoms with Crippen LogP contribution in [0.1, 0.15) is 36.7 Å². The lowest BCUT2D eigenvalue weighted by Crippen LogP contribution is -2.23. The largest absolute Gasteiger partial charge is 0.488 e. The summed E-state index contributed by atoms with van der Waals surface area (Å²) in [5.41, 5.74) is 2.13. The minimum atomic E-state index is -0.231. The summed E-state index contributed by atoms with van der Waals surface area (Å²) < 4.78 is 8.16. The van der Waals surface area contributed by atoms with E-state index in [-0.39, 0.29) is 11.5 Å². The molecule has 162 valence electrons. The molecule has 0 amide bonds. The second-order valence-corrected chi connectivity index (χ2v) is 8.96. The molecule has 1 heterocycles. The van der Waals surface area contributed by atoms with Gasteiger partial charge in [0, 0.05) is 21.0 Å². The van der Waals surface area contributed by atoms with Crippen molar-refractivity contribution in [1.29, 1.82) is 0 Å². The molecule has 0 atom stereocenters. The number of rotatable bonds is 6. The van der Waals surface area contributed by atoms with Crippen LogP contribution in [0.2, 0.25) is 5.02 Å². The number of aromatic nitrogens is 2. The highest BCUT2D eigenvalue weighted by atomic mass is 79.9. The second kappa shape index (κ2) is 9.67. The summed E-state index contributed by atoms with van der Waals surface area (Å²) in [5.74, 6) is 1.20. The van der Waals surface area contributed by atoms with Crippen molar-refractivity contribution in [2.45, 2.75) is 26.4 Å². The SMILES string of the molecule is CC(C)c1nc2ccc(Br)cc2c(=O)n1N=Cc1cc(Cl)ccc1OCc1ccccc1. The second-order valence-electron chi connectivity index (χ2n) is 7.60. The van der Waals surface area contributed by atoms with Crippen LogP contribution in [-0.2, 0) is 6.61 Å². The Morgan fingerprint density at radius 2 is 1.91 bits per heavy atom. The van der Waals surface area contributed by atoms with Crippen LogP contribution in [0.5, 0.6) is 5.75 Å². The number of halogens is 2. The number of nitrogens with zero attached hydrogens (tertiary/aromatic N) is 3. The smallest absolute Gasteiger partial charge is 0.282 e. The standard InChI is InChI=1S/C25H21BrClN3O2/c1-16(2)24-29-22-10-8-19(26)13-21(22)25(31)30(24)28-14-18-12-20(27)9-11-23(18)32-15-17-6-4-3-5-7-17/h3-14,16H,15H2,1-2H3. The number of hydrogen-bond donors (Lipinski definition) is 0. The van der Waals surface area contributed by atoms with Crippen LogP contribution in [0, 0.1) is 0 Å². The van der Waals surface area contributed by atoms with Gasteiger partial charge in [-0.05, 0) is 42.0 Å². The summed E-state index contributed by atoms with van der Waals surface area (Å²) in [6, 6.07) is 20.7. The molecule has 0 spiro atoms. The predicted molar refractivity (Wildman–Crippen MR) is 133 cm³/mol. The molecule has 0 aliphatic carbocycles. The Kier molecular flexibility index (Phi) is 6.72. The van der Waals surface area contributed by atoms with Gasteiger partial charge in [0.05, 0.1) is 17.1 Å². The van der Waals surface area contributed by atoms with Crippen LogP contribution < -0.4 is 10.3 Å². The van der Waals surface area contributed by atoms with Crippen molar-refractivity contribution >= 4 is 44.6 Å². The monoisotopic (exact) mass is 509 g/mol. The zero-order valence-electron chi connectivity index (χ0n) is 17.6. The van der Waals surface area contributed by atoms with Crippen LogP contribution in [0.3, 0.4) is 0 Å². The van der Waals surface area contributed by atoms with Crippen molar-refractivity contribution in [2.24, 2.45) is 5.10 Å². The van der Waals surface area contributed by atoms with E-state index in [9.17, 15) is 4.79 Å². The molecular weight excluding hydrogens is 490 g/mol. The summed E-state index contributed by atoms with van der Waals surface area (Å²) in [6.07, 6.45) is 1.59. The van der Waals surface area contributed by atoms with Crippen molar-refractivity contribution in [2.75, 3.05) is 0 Å². The highest BCUT2D eigenvalue weighted by molar-refractivity contribution is 9.10. The fourth-order valence-corrected chi connectivity index (χ4v) is 3.80.